The lowest BCUT2D eigenvalue weighted by Gasteiger charge is -2.35. The van der Waals surface area contributed by atoms with Crippen molar-refractivity contribution in [2.45, 2.75) is 62.2 Å². The summed E-state index contributed by atoms with van der Waals surface area (Å²) in [6, 6.07) is 13.8. The van der Waals surface area contributed by atoms with Crippen molar-refractivity contribution in [3.8, 4) is 0 Å². The van der Waals surface area contributed by atoms with Crippen molar-refractivity contribution in [2.24, 2.45) is 0 Å². The third kappa shape index (κ3) is 5.17. The van der Waals surface area contributed by atoms with Crippen molar-refractivity contribution in [1.29, 1.82) is 0 Å². The number of nitrogens with zero attached hydrogens (tertiary/aromatic N) is 1. The predicted molar refractivity (Wildman–Crippen MR) is 124 cm³/mol. The number of anilines is 2. The zero-order valence-electron chi connectivity index (χ0n) is 19.0. The molecule has 4 heteroatoms. The van der Waals surface area contributed by atoms with Gasteiger partial charge in [0, 0.05) is 23.4 Å². The second kappa shape index (κ2) is 8.71. The molecule has 0 saturated carbocycles. The number of hydrogen-bond donors (Lipinski definition) is 0. The molecule has 158 valence electrons. The van der Waals surface area contributed by atoms with E-state index in [1.165, 1.54) is 32.3 Å². The highest BCUT2D eigenvalue weighted by Crippen LogP contribution is 2.50. The van der Waals surface area contributed by atoms with Gasteiger partial charge in [-0.3, -0.25) is 0 Å². The van der Waals surface area contributed by atoms with Gasteiger partial charge in [-0.1, -0.05) is 65.4 Å². The minimum absolute atomic E-state index is 0.136. The molecule has 1 heterocycles. The van der Waals surface area contributed by atoms with E-state index < -0.39 is 0 Å². The molecule has 0 aromatic heterocycles. The monoisotopic (exact) mass is 413 g/mol. The van der Waals surface area contributed by atoms with E-state index in [1.807, 2.05) is 11.8 Å². The van der Waals surface area contributed by atoms with Gasteiger partial charge in [-0.15, -0.1) is 0 Å². The minimum Gasteiger partial charge on any atom is -0.382 e. The van der Waals surface area contributed by atoms with E-state index in [-0.39, 0.29) is 10.8 Å². The molecule has 2 aromatic carbocycles. The number of methoxy groups -OCH3 is 1. The SMILES string of the molecule is COCCOCCN1c2ccc(C(C)(C)C)cc2Sc2cc(C(C)(C)C)ccc21. The third-order valence-electron chi connectivity index (χ3n) is 5.34. The first-order chi connectivity index (χ1) is 13.6. The van der Waals surface area contributed by atoms with Gasteiger partial charge >= 0.3 is 0 Å². The summed E-state index contributed by atoms with van der Waals surface area (Å²) in [7, 11) is 1.71. The number of rotatable bonds is 6. The fourth-order valence-corrected chi connectivity index (χ4v) is 4.63. The van der Waals surface area contributed by atoms with Gasteiger partial charge in [0.1, 0.15) is 0 Å². The van der Waals surface area contributed by atoms with Gasteiger partial charge < -0.3 is 14.4 Å². The van der Waals surface area contributed by atoms with E-state index in [0.717, 1.165) is 6.54 Å². The fraction of sp³-hybridized carbons (Fsp3) is 0.520. The molecule has 0 saturated heterocycles. The number of benzene rings is 2. The van der Waals surface area contributed by atoms with Crippen molar-refractivity contribution in [2.75, 3.05) is 38.4 Å². The molecule has 0 fully saturated rings. The quantitative estimate of drug-likeness (QED) is 0.501. The van der Waals surface area contributed by atoms with E-state index in [4.69, 9.17) is 9.47 Å². The van der Waals surface area contributed by atoms with Crippen LogP contribution in [0.4, 0.5) is 11.4 Å². The van der Waals surface area contributed by atoms with Crippen molar-refractivity contribution >= 4 is 23.1 Å². The Balaban J connectivity index is 1.96. The summed E-state index contributed by atoms with van der Waals surface area (Å²) in [4.78, 5) is 5.06. The Kier molecular flexibility index (Phi) is 6.67. The third-order valence-corrected chi connectivity index (χ3v) is 6.44. The van der Waals surface area contributed by atoms with Crippen LogP contribution in [-0.4, -0.2) is 33.5 Å². The lowest BCUT2D eigenvalue weighted by Crippen LogP contribution is -2.26. The summed E-state index contributed by atoms with van der Waals surface area (Å²) in [5, 5.41) is 0. The summed E-state index contributed by atoms with van der Waals surface area (Å²) in [6.45, 7) is 16.4. The van der Waals surface area contributed by atoms with Gasteiger partial charge in [-0.2, -0.15) is 0 Å². The van der Waals surface area contributed by atoms with Gasteiger partial charge in [0.05, 0.1) is 31.2 Å². The average molecular weight is 414 g/mol. The van der Waals surface area contributed by atoms with Crippen LogP contribution in [0.1, 0.15) is 52.7 Å². The van der Waals surface area contributed by atoms with E-state index in [1.54, 1.807) is 7.11 Å². The van der Waals surface area contributed by atoms with E-state index in [2.05, 4.69) is 82.8 Å². The molecule has 0 spiro atoms. The van der Waals surface area contributed by atoms with Crippen LogP contribution >= 0.6 is 11.8 Å². The molecular weight excluding hydrogens is 378 g/mol. The van der Waals surface area contributed by atoms with Gasteiger partial charge in [-0.25, -0.2) is 0 Å². The van der Waals surface area contributed by atoms with Crippen LogP contribution in [0.2, 0.25) is 0 Å². The van der Waals surface area contributed by atoms with Gasteiger partial charge in [-0.05, 0) is 46.2 Å². The maximum Gasteiger partial charge on any atom is 0.0701 e. The predicted octanol–water partition coefficient (Wildman–Crippen LogP) is 6.55. The molecule has 29 heavy (non-hydrogen) atoms. The first-order valence-electron chi connectivity index (χ1n) is 10.4. The molecule has 0 aliphatic carbocycles. The average Bonchev–Trinajstić information content (AvgIpc) is 2.64. The second-order valence-electron chi connectivity index (χ2n) is 9.72. The Morgan fingerprint density at radius 3 is 1.72 bits per heavy atom. The van der Waals surface area contributed by atoms with Crippen molar-refractivity contribution in [3.63, 3.8) is 0 Å². The topological polar surface area (TPSA) is 21.7 Å². The number of fused-ring (bicyclic) bond motifs is 2. The molecule has 3 nitrogen and oxygen atoms in total. The Labute approximate surface area is 180 Å². The maximum absolute atomic E-state index is 5.79. The van der Waals surface area contributed by atoms with E-state index in [9.17, 15) is 0 Å². The fourth-order valence-electron chi connectivity index (χ4n) is 3.46. The van der Waals surface area contributed by atoms with Crippen LogP contribution in [0.5, 0.6) is 0 Å². The van der Waals surface area contributed by atoms with E-state index >= 15 is 0 Å². The summed E-state index contributed by atoms with van der Waals surface area (Å²) >= 11 is 1.89. The maximum atomic E-state index is 5.79. The molecule has 2 aromatic rings. The lowest BCUT2D eigenvalue weighted by atomic mass is 9.86. The molecule has 0 bridgehead atoms. The number of hydrogen-bond acceptors (Lipinski definition) is 4. The Morgan fingerprint density at radius 1 is 0.759 bits per heavy atom. The molecular formula is C25H35NO2S. The standard InChI is InChI=1S/C25H35NO2S/c1-24(2,3)18-8-10-20-22(16-18)29-23-17-19(25(4,5)6)9-11-21(23)26(20)12-13-28-15-14-27-7/h8-11,16-17H,12-15H2,1-7H3. The van der Waals surface area contributed by atoms with Crippen molar-refractivity contribution in [1.82, 2.24) is 0 Å². The van der Waals surface area contributed by atoms with Crippen LogP contribution in [0, 0.1) is 0 Å². The van der Waals surface area contributed by atoms with Crippen LogP contribution in [0.3, 0.4) is 0 Å². The van der Waals surface area contributed by atoms with E-state index in [0.29, 0.717) is 19.8 Å². The van der Waals surface area contributed by atoms with Gasteiger partial charge in [0.25, 0.3) is 0 Å². The molecule has 1 aliphatic heterocycles. The zero-order valence-corrected chi connectivity index (χ0v) is 19.8. The minimum atomic E-state index is 0.136. The zero-order chi connectivity index (χ0) is 21.2. The highest BCUT2D eigenvalue weighted by atomic mass is 32.2. The molecule has 0 unspecified atom stereocenters. The normalized spacial score (nSPS) is 14.0. The molecule has 3 rings (SSSR count). The Morgan fingerprint density at radius 2 is 1.28 bits per heavy atom. The largest absolute Gasteiger partial charge is 0.382 e. The van der Waals surface area contributed by atoms with Crippen LogP contribution in [0.25, 0.3) is 0 Å². The number of ether oxygens (including phenoxy) is 2. The molecule has 1 aliphatic rings. The molecule has 0 amide bonds. The van der Waals surface area contributed by atoms with Crippen LogP contribution in [0.15, 0.2) is 46.2 Å². The van der Waals surface area contributed by atoms with Crippen LogP contribution in [-0.2, 0) is 20.3 Å². The van der Waals surface area contributed by atoms with Crippen molar-refractivity contribution in [3.05, 3.63) is 47.5 Å². The first-order valence-corrected chi connectivity index (χ1v) is 11.2. The molecule has 0 radical (unpaired) electrons. The van der Waals surface area contributed by atoms with Gasteiger partial charge in [0.15, 0.2) is 0 Å². The second-order valence-corrected chi connectivity index (χ2v) is 10.8. The smallest absolute Gasteiger partial charge is 0.0701 e. The summed E-state index contributed by atoms with van der Waals surface area (Å²) in [5.74, 6) is 0. The Bertz CT molecular complexity index is 785. The van der Waals surface area contributed by atoms with Gasteiger partial charge in [0.2, 0.25) is 0 Å². The molecule has 0 N–H and O–H groups in total. The molecule has 0 atom stereocenters. The van der Waals surface area contributed by atoms with Crippen LogP contribution < -0.4 is 4.90 Å². The highest BCUT2D eigenvalue weighted by Gasteiger charge is 2.27. The van der Waals surface area contributed by atoms with Crippen molar-refractivity contribution < 1.29 is 9.47 Å². The Hall–Kier alpha value is -1.49. The lowest BCUT2D eigenvalue weighted by molar-refractivity contribution is 0.0746. The summed E-state index contributed by atoms with van der Waals surface area (Å²) < 4.78 is 10.9. The summed E-state index contributed by atoms with van der Waals surface area (Å²) in [5.41, 5.74) is 5.56. The first kappa shape index (κ1) is 22.2. The summed E-state index contributed by atoms with van der Waals surface area (Å²) in [6.07, 6.45) is 0. The highest BCUT2D eigenvalue weighted by molar-refractivity contribution is 7.99.